The molecule has 1 N–H and O–H groups in total. The van der Waals surface area contributed by atoms with E-state index in [1.807, 2.05) is 47.4 Å². The predicted octanol–water partition coefficient (Wildman–Crippen LogP) is 2.67. The highest BCUT2D eigenvalue weighted by molar-refractivity contribution is 5.91. The quantitative estimate of drug-likeness (QED) is 0.905. The van der Waals surface area contributed by atoms with E-state index < -0.39 is 0 Å². The summed E-state index contributed by atoms with van der Waals surface area (Å²) in [6.07, 6.45) is 4.79. The number of carbonyl (C=O) groups excluding carboxylic acids is 2. The zero-order valence-corrected chi connectivity index (χ0v) is 15.5. The Morgan fingerprint density at radius 2 is 1.89 bits per heavy atom. The van der Waals surface area contributed by atoms with Gasteiger partial charge in [-0.15, -0.1) is 0 Å². The number of nitrogens with one attached hydrogen (secondary N) is 1. The van der Waals surface area contributed by atoms with Gasteiger partial charge in [-0.3, -0.25) is 9.59 Å². The Balaban J connectivity index is 1.35. The molecule has 142 valence electrons. The van der Waals surface area contributed by atoms with Gasteiger partial charge in [0.2, 0.25) is 11.8 Å². The number of carbonyl (C=O) groups is 2. The second-order valence-electron chi connectivity index (χ2n) is 7.44. The van der Waals surface area contributed by atoms with E-state index >= 15 is 0 Å². The van der Waals surface area contributed by atoms with Crippen LogP contribution in [0.25, 0.3) is 10.8 Å². The lowest BCUT2D eigenvalue weighted by Crippen LogP contribution is -2.56. The summed E-state index contributed by atoms with van der Waals surface area (Å²) in [5.41, 5.74) is 0.983. The standard InChI is InChI=1S/C22H26N2O3/c25-21(14-17-8-5-7-16-6-1-2-9-18(16)17)23-15-22(26)24-12-13-27-20-11-4-3-10-19(20)24/h1-2,5-9,19-20H,3-4,10-15H2,(H,23,25)/t19-,20+/m1/s1. The number of amides is 2. The van der Waals surface area contributed by atoms with Crippen molar-refractivity contribution in [1.29, 1.82) is 0 Å². The molecule has 5 heteroatoms. The van der Waals surface area contributed by atoms with Crippen LogP contribution in [0.15, 0.2) is 42.5 Å². The average Bonchev–Trinajstić information content (AvgIpc) is 2.72. The molecular weight excluding hydrogens is 340 g/mol. The lowest BCUT2D eigenvalue weighted by atomic mass is 9.90. The number of morpholine rings is 1. The molecule has 0 radical (unpaired) electrons. The molecular formula is C22H26N2O3. The third-order valence-corrected chi connectivity index (χ3v) is 5.72. The molecule has 1 aliphatic carbocycles. The van der Waals surface area contributed by atoms with Gasteiger partial charge in [0.25, 0.3) is 0 Å². The molecule has 2 aromatic carbocycles. The van der Waals surface area contributed by atoms with Crippen molar-refractivity contribution in [3.05, 3.63) is 48.0 Å². The second kappa shape index (κ2) is 8.09. The van der Waals surface area contributed by atoms with Crippen LogP contribution in [0.2, 0.25) is 0 Å². The van der Waals surface area contributed by atoms with E-state index in [9.17, 15) is 9.59 Å². The molecule has 0 spiro atoms. The molecule has 1 saturated carbocycles. The first-order valence-electron chi connectivity index (χ1n) is 9.87. The maximum Gasteiger partial charge on any atom is 0.242 e. The van der Waals surface area contributed by atoms with Crippen molar-refractivity contribution in [2.45, 2.75) is 44.2 Å². The third kappa shape index (κ3) is 3.98. The zero-order chi connectivity index (χ0) is 18.6. The van der Waals surface area contributed by atoms with Crippen molar-refractivity contribution in [3.63, 3.8) is 0 Å². The van der Waals surface area contributed by atoms with Crippen LogP contribution in [0.4, 0.5) is 0 Å². The van der Waals surface area contributed by atoms with E-state index in [-0.39, 0.29) is 36.9 Å². The molecule has 2 fully saturated rings. The summed E-state index contributed by atoms with van der Waals surface area (Å²) in [7, 11) is 0. The normalized spacial score (nSPS) is 22.3. The van der Waals surface area contributed by atoms with Gasteiger partial charge in [0.05, 0.1) is 31.7 Å². The van der Waals surface area contributed by atoms with E-state index in [4.69, 9.17) is 4.74 Å². The predicted molar refractivity (Wildman–Crippen MR) is 104 cm³/mol. The molecule has 27 heavy (non-hydrogen) atoms. The molecule has 0 unspecified atom stereocenters. The SMILES string of the molecule is O=C(Cc1cccc2ccccc12)NCC(=O)N1CCO[C@H]2CCCC[C@H]21. The van der Waals surface area contributed by atoms with E-state index in [1.54, 1.807) is 0 Å². The van der Waals surface area contributed by atoms with Gasteiger partial charge in [-0.05, 0) is 29.2 Å². The van der Waals surface area contributed by atoms with E-state index in [1.165, 1.54) is 6.42 Å². The summed E-state index contributed by atoms with van der Waals surface area (Å²) in [4.78, 5) is 27.0. The van der Waals surface area contributed by atoms with Crippen molar-refractivity contribution in [2.75, 3.05) is 19.7 Å². The summed E-state index contributed by atoms with van der Waals surface area (Å²) in [6.45, 7) is 1.28. The Morgan fingerprint density at radius 1 is 1.07 bits per heavy atom. The van der Waals surface area contributed by atoms with Crippen LogP contribution in [-0.2, 0) is 20.7 Å². The lowest BCUT2D eigenvalue weighted by molar-refractivity contribution is -0.149. The number of fused-ring (bicyclic) bond motifs is 2. The molecule has 0 aromatic heterocycles. The van der Waals surface area contributed by atoms with Gasteiger partial charge in [0, 0.05) is 6.54 Å². The first-order chi connectivity index (χ1) is 13.2. The summed E-state index contributed by atoms with van der Waals surface area (Å²) < 4.78 is 5.83. The fourth-order valence-electron chi connectivity index (χ4n) is 4.36. The maximum atomic E-state index is 12.7. The van der Waals surface area contributed by atoms with Crippen molar-refractivity contribution < 1.29 is 14.3 Å². The highest BCUT2D eigenvalue weighted by atomic mass is 16.5. The largest absolute Gasteiger partial charge is 0.374 e. The summed E-state index contributed by atoms with van der Waals surface area (Å²) in [5.74, 6) is -0.116. The van der Waals surface area contributed by atoms with Crippen LogP contribution >= 0.6 is 0 Å². The average molecular weight is 366 g/mol. The molecule has 2 atom stereocenters. The van der Waals surface area contributed by atoms with Gasteiger partial charge in [-0.25, -0.2) is 0 Å². The number of ether oxygens (including phenoxy) is 1. The summed E-state index contributed by atoms with van der Waals surface area (Å²) >= 11 is 0. The molecule has 2 aromatic rings. The Bertz CT molecular complexity index is 828. The van der Waals surface area contributed by atoms with Crippen LogP contribution in [-0.4, -0.2) is 48.6 Å². The van der Waals surface area contributed by atoms with Gasteiger partial charge >= 0.3 is 0 Å². The molecule has 2 amide bonds. The van der Waals surface area contributed by atoms with Crippen LogP contribution < -0.4 is 5.32 Å². The minimum Gasteiger partial charge on any atom is -0.374 e. The molecule has 1 saturated heterocycles. The third-order valence-electron chi connectivity index (χ3n) is 5.72. The Hall–Kier alpha value is -2.40. The van der Waals surface area contributed by atoms with Crippen molar-refractivity contribution in [3.8, 4) is 0 Å². The van der Waals surface area contributed by atoms with E-state index in [0.29, 0.717) is 13.2 Å². The fraction of sp³-hybridized carbons (Fsp3) is 0.455. The molecule has 2 aliphatic rings. The van der Waals surface area contributed by atoms with Crippen molar-refractivity contribution in [1.82, 2.24) is 10.2 Å². The van der Waals surface area contributed by atoms with Gasteiger partial charge in [0.15, 0.2) is 0 Å². The Kier molecular flexibility index (Phi) is 5.39. The summed E-state index contributed by atoms with van der Waals surface area (Å²) in [5, 5.41) is 5.02. The first kappa shape index (κ1) is 18.0. The second-order valence-corrected chi connectivity index (χ2v) is 7.44. The van der Waals surface area contributed by atoms with Crippen LogP contribution in [0.1, 0.15) is 31.2 Å². The van der Waals surface area contributed by atoms with Crippen molar-refractivity contribution >= 4 is 22.6 Å². The first-order valence-corrected chi connectivity index (χ1v) is 9.87. The zero-order valence-electron chi connectivity index (χ0n) is 15.5. The summed E-state index contributed by atoms with van der Waals surface area (Å²) in [6, 6.07) is 14.2. The molecule has 5 nitrogen and oxygen atoms in total. The highest BCUT2D eigenvalue weighted by Crippen LogP contribution is 2.28. The molecule has 1 heterocycles. The smallest absolute Gasteiger partial charge is 0.242 e. The number of hydrogen-bond donors (Lipinski definition) is 1. The Labute approximate surface area is 159 Å². The van der Waals surface area contributed by atoms with Gasteiger partial charge in [-0.2, -0.15) is 0 Å². The minimum absolute atomic E-state index is 0.00136. The van der Waals surface area contributed by atoms with Gasteiger partial charge < -0.3 is 15.0 Å². The van der Waals surface area contributed by atoms with E-state index in [0.717, 1.165) is 35.6 Å². The molecule has 1 aliphatic heterocycles. The number of benzene rings is 2. The maximum absolute atomic E-state index is 12.7. The van der Waals surface area contributed by atoms with Crippen molar-refractivity contribution in [2.24, 2.45) is 0 Å². The number of nitrogens with zero attached hydrogens (tertiary/aromatic N) is 1. The monoisotopic (exact) mass is 366 g/mol. The lowest BCUT2D eigenvalue weighted by Gasteiger charge is -2.43. The van der Waals surface area contributed by atoms with E-state index in [2.05, 4.69) is 5.32 Å². The number of hydrogen-bond acceptors (Lipinski definition) is 3. The van der Waals surface area contributed by atoms with Crippen LogP contribution in [0.5, 0.6) is 0 Å². The Morgan fingerprint density at radius 3 is 2.81 bits per heavy atom. The number of rotatable bonds is 4. The fourth-order valence-corrected chi connectivity index (χ4v) is 4.36. The van der Waals surface area contributed by atoms with Gasteiger partial charge in [0.1, 0.15) is 0 Å². The highest BCUT2D eigenvalue weighted by Gasteiger charge is 2.36. The molecule has 0 bridgehead atoms. The molecule has 4 rings (SSSR count). The minimum atomic E-state index is -0.117. The van der Waals surface area contributed by atoms with Crippen LogP contribution in [0, 0.1) is 0 Å². The van der Waals surface area contributed by atoms with Crippen LogP contribution in [0.3, 0.4) is 0 Å². The van der Waals surface area contributed by atoms with Gasteiger partial charge in [-0.1, -0.05) is 55.3 Å². The topological polar surface area (TPSA) is 58.6 Å².